The maximum atomic E-state index is 11.7. The molecule has 2 rings (SSSR count). The summed E-state index contributed by atoms with van der Waals surface area (Å²) in [5.41, 5.74) is 1.18. The SMILES string of the molecule is O=C(CSCc1ccc(Cl)cc1)NCCCc1ccco1. The Bertz CT molecular complexity index is 540. The average Bonchev–Trinajstić information content (AvgIpc) is 2.99. The van der Waals surface area contributed by atoms with Crippen LogP contribution in [0, 0.1) is 0 Å². The Hall–Kier alpha value is -1.39. The van der Waals surface area contributed by atoms with Crippen LogP contribution in [0.15, 0.2) is 47.1 Å². The first-order chi connectivity index (χ1) is 10.2. The van der Waals surface area contributed by atoms with E-state index >= 15 is 0 Å². The Balaban J connectivity index is 1.54. The maximum Gasteiger partial charge on any atom is 0.230 e. The highest BCUT2D eigenvalue weighted by molar-refractivity contribution is 7.99. The summed E-state index contributed by atoms with van der Waals surface area (Å²) in [5, 5.41) is 3.65. The number of furan rings is 1. The minimum absolute atomic E-state index is 0.0772. The van der Waals surface area contributed by atoms with Gasteiger partial charge in [-0.1, -0.05) is 23.7 Å². The Kier molecular flexibility index (Phi) is 6.70. The van der Waals surface area contributed by atoms with Gasteiger partial charge in [-0.25, -0.2) is 0 Å². The number of aryl methyl sites for hydroxylation is 1. The number of amides is 1. The zero-order valence-corrected chi connectivity index (χ0v) is 13.3. The Labute approximate surface area is 134 Å². The van der Waals surface area contributed by atoms with Crippen LogP contribution in [0.1, 0.15) is 17.7 Å². The molecule has 1 aromatic heterocycles. The summed E-state index contributed by atoms with van der Waals surface area (Å²) in [6, 6.07) is 11.5. The Morgan fingerprint density at radius 3 is 2.76 bits per heavy atom. The minimum Gasteiger partial charge on any atom is -0.469 e. The Morgan fingerprint density at radius 1 is 1.24 bits per heavy atom. The first kappa shape index (κ1) is 16.0. The highest BCUT2D eigenvalue weighted by atomic mass is 35.5. The molecule has 0 aliphatic rings. The molecule has 0 unspecified atom stereocenters. The van der Waals surface area contributed by atoms with Gasteiger partial charge in [0, 0.05) is 23.7 Å². The summed E-state index contributed by atoms with van der Waals surface area (Å²) >= 11 is 7.43. The molecule has 1 amide bonds. The van der Waals surface area contributed by atoms with Crippen LogP contribution in [0.5, 0.6) is 0 Å². The average molecular weight is 324 g/mol. The lowest BCUT2D eigenvalue weighted by Crippen LogP contribution is -2.26. The molecular formula is C16H18ClNO2S. The topological polar surface area (TPSA) is 42.2 Å². The van der Waals surface area contributed by atoms with Crippen molar-refractivity contribution >= 4 is 29.3 Å². The van der Waals surface area contributed by atoms with Crippen molar-refractivity contribution in [3.05, 3.63) is 59.0 Å². The van der Waals surface area contributed by atoms with Crippen LogP contribution in [0.2, 0.25) is 5.02 Å². The molecule has 1 N–H and O–H groups in total. The molecule has 5 heteroatoms. The molecule has 0 bridgehead atoms. The molecule has 21 heavy (non-hydrogen) atoms. The van der Waals surface area contributed by atoms with E-state index in [1.54, 1.807) is 18.0 Å². The fraction of sp³-hybridized carbons (Fsp3) is 0.312. The summed E-state index contributed by atoms with van der Waals surface area (Å²) in [6.07, 6.45) is 3.41. The lowest BCUT2D eigenvalue weighted by atomic mass is 10.2. The van der Waals surface area contributed by atoms with Crippen molar-refractivity contribution < 1.29 is 9.21 Å². The summed E-state index contributed by atoms with van der Waals surface area (Å²) in [6.45, 7) is 0.682. The monoisotopic (exact) mass is 323 g/mol. The van der Waals surface area contributed by atoms with Crippen molar-refractivity contribution in [3.63, 3.8) is 0 Å². The van der Waals surface area contributed by atoms with E-state index in [-0.39, 0.29) is 5.91 Å². The molecule has 0 aliphatic carbocycles. The predicted octanol–water partition coefficient (Wildman–Crippen LogP) is 3.92. The van der Waals surface area contributed by atoms with Crippen LogP contribution in [-0.4, -0.2) is 18.2 Å². The van der Waals surface area contributed by atoms with Crippen LogP contribution in [-0.2, 0) is 17.0 Å². The highest BCUT2D eigenvalue weighted by Gasteiger charge is 2.02. The number of carbonyl (C=O) groups excluding carboxylic acids is 1. The highest BCUT2D eigenvalue weighted by Crippen LogP contribution is 2.15. The van der Waals surface area contributed by atoms with Gasteiger partial charge in [0.25, 0.3) is 0 Å². The number of thioether (sulfide) groups is 1. The van der Waals surface area contributed by atoms with Crippen molar-refractivity contribution in [3.8, 4) is 0 Å². The van der Waals surface area contributed by atoms with Crippen molar-refractivity contribution in [1.82, 2.24) is 5.32 Å². The normalized spacial score (nSPS) is 10.5. The predicted molar refractivity (Wildman–Crippen MR) is 87.7 cm³/mol. The van der Waals surface area contributed by atoms with E-state index in [2.05, 4.69) is 5.32 Å². The zero-order valence-electron chi connectivity index (χ0n) is 11.7. The molecule has 0 fully saturated rings. The van der Waals surface area contributed by atoms with E-state index in [0.29, 0.717) is 12.3 Å². The van der Waals surface area contributed by atoms with Crippen molar-refractivity contribution in [2.45, 2.75) is 18.6 Å². The second-order valence-electron chi connectivity index (χ2n) is 4.65. The molecular weight excluding hydrogens is 306 g/mol. The fourth-order valence-corrected chi connectivity index (χ4v) is 2.78. The molecule has 0 radical (unpaired) electrons. The standard InChI is InChI=1S/C16H18ClNO2S/c17-14-7-5-13(6-8-14)11-21-12-16(19)18-9-1-3-15-4-2-10-20-15/h2,4-8,10H,1,3,9,11-12H2,(H,18,19). The van der Waals surface area contributed by atoms with Crippen LogP contribution >= 0.6 is 23.4 Å². The van der Waals surface area contributed by atoms with Gasteiger partial charge in [0.1, 0.15) is 5.76 Å². The summed E-state index contributed by atoms with van der Waals surface area (Å²) in [4.78, 5) is 11.7. The number of hydrogen-bond acceptors (Lipinski definition) is 3. The third kappa shape index (κ3) is 6.27. The summed E-state index contributed by atoms with van der Waals surface area (Å²) < 4.78 is 5.24. The second kappa shape index (κ2) is 8.80. The third-order valence-electron chi connectivity index (χ3n) is 2.92. The third-order valence-corrected chi connectivity index (χ3v) is 4.17. The van der Waals surface area contributed by atoms with Gasteiger partial charge in [0.15, 0.2) is 0 Å². The van der Waals surface area contributed by atoms with Gasteiger partial charge in [-0.2, -0.15) is 0 Å². The lowest BCUT2D eigenvalue weighted by Gasteiger charge is -2.05. The van der Waals surface area contributed by atoms with Crippen LogP contribution < -0.4 is 5.32 Å². The molecule has 112 valence electrons. The fourth-order valence-electron chi connectivity index (χ4n) is 1.84. The van der Waals surface area contributed by atoms with Crippen molar-refractivity contribution in [2.24, 2.45) is 0 Å². The van der Waals surface area contributed by atoms with Gasteiger partial charge < -0.3 is 9.73 Å². The number of hydrogen-bond donors (Lipinski definition) is 1. The smallest absolute Gasteiger partial charge is 0.230 e. The number of benzene rings is 1. The van der Waals surface area contributed by atoms with Gasteiger partial charge in [0.2, 0.25) is 5.91 Å². The first-order valence-electron chi connectivity index (χ1n) is 6.85. The molecule has 0 spiro atoms. The van der Waals surface area contributed by atoms with Gasteiger partial charge >= 0.3 is 0 Å². The molecule has 0 atom stereocenters. The van der Waals surface area contributed by atoms with E-state index in [4.69, 9.17) is 16.0 Å². The van der Waals surface area contributed by atoms with Gasteiger partial charge in [0.05, 0.1) is 12.0 Å². The Morgan fingerprint density at radius 2 is 2.05 bits per heavy atom. The van der Waals surface area contributed by atoms with E-state index in [1.807, 2.05) is 36.4 Å². The minimum atomic E-state index is 0.0772. The molecule has 0 aliphatic heterocycles. The number of rotatable bonds is 8. The number of nitrogens with one attached hydrogen (secondary N) is 1. The zero-order chi connectivity index (χ0) is 14.9. The van der Waals surface area contributed by atoms with Crippen LogP contribution in [0.4, 0.5) is 0 Å². The van der Waals surface area contributed by atoms with Crippen molar-refractivity contribution in [2.75, 3.05) is 12.3 Å². The number of halogens is 1. The van der Waals surface area contributed by atoms with Crippen LogP contribution in [0.3, 0.4) is 0 Å². The van der Waals surface area contributed by atoms with Crippen LogP contribution in [0.25, 0.3) is 0 Å². The van der Waals surface area contributed by atoms with Crippen molar-refractivity contribution in [1.29, 1.82) is 0 Å². The summed E-state index contributed by atoms with van der Waals surface area (Å²) in [5.74, 6) is 2.33. The molecule has 1 aromatic carbocycles. The maximum absolute atomic E-state index is 11.7. The van der Waals surface area contributed by atoms with E-state index < -0.39 is 0 Å². The molecule has 0 saturated carbocycles. The summed E-state index contributed by atoms with van der Waals surface area (Å²) in [7, 11) is 0. The van der Waals surface area contributed by atoms with Gasteiger partial charge in [-0.05, 0) is 36.2 Å². The van der Waals surface area contributed by atoms with Gasteiger partial charge in [-0.3, -0.25) is 4.79 Å². The second-order valence-corrected chi connectivity index (χ2v) is 6.07. The quantitative estimate of drug-likeness (QED) is 0.749. The molecule has 2 aromatic rings. The molecule has 0 saturated heterocycles. The molecule has 1 heterocycles. The largest absolute Gasteiger partial charge is 0.469 e. The number of carbonyl (C=O) groups is 1. The van der Waals surface area contributed by atoms with Gasteiger partial charge in [-0.15, -0.1) is 11.8 Å². The molecule has 3 nitrogen and oxygen atoms in total. The lowest BCUT2D eigenvalue weighted by molar-refractivity contribution is -0.118. The van der Waals surface area contributed by atoms with E-state index in [1.165, 1.54) is 5.56 Å². The van der Waals surface area contributed by atoms with E-state index in [9.17, 15) is 4.79 Å². The first-order valence-corrected chi connectivity index (χ1v) is 8.38. The van der Waals surface area contributed by atoms with E-state index in [0.717, 1.165) is 29.4 Å².